The number of methoxy groups -OCH3 is 1. The highest BCUT2D eigenvalue weighted by atomic mass is 16.5. The van der Waals surface area contributed by atoms with E-state index < -0.39 is 5.97 Å². The summed E-state index contributed by atoms with van der Waals surface area (Å²) in [7, 11) is 1.72. The third-order valence-electron chi connectivity index (χ3n) is 5.35. The topological polar surface area (TPSA) is 49.8 Å². The fraction of sp³-hybridized carbons (Fsp3) is 0.941. The minimum atomic E-state index is -0.615. The summed E-state index contributed by atoms with van der Waals surface area (Å²) in [4.78, 5) is 14.1. The van der Waals surface area contributed by atoms with Crippen molar-refractivity contribution in [3.05, 3.63) is 0 Å². The van der Waals surface area contributed by atoms with E-state index >= 15 is 0 Å². The first-order valence-electron chi connectivity index (χ1n) is 8.32. The van der Waals surface area contributed by atoms with Crippen molar-refractivity contribution in [2.24, 2.45) is 17.3 Å². The number of carbonyl (C=O) groups is 1. The van der Waals surface area contributed by atoms with E-state index in [1.54, 1.807) is 7.11 Å². The Kier molecular flexibility index (Phi) is 5.31. The number of nitrogens with zero attached hydrogens (tertiary/aromatic N) is 1. The molecule has 0 saturated heterocycles. The third kappa shape index (κ3) is 4.19. The zero-order valence-electron chi connectivity index (χ0n) is 14.0. The summed E-state index contributed by atoms with van der Waals surface area (Å²) in [5.74, 6) is -0.210. The number of aliphatic carboxylic acids is 1. The van der Waals surface area contributed by atoms with Gasteiger partial charge in [0.15, 0.2) is 0 Å². The van der Waals surface area contributed by atoms with E-state index in [0.717, 1.165) is 25.8 Å². The van der Waals surface area contributed by atoms with E-state index in [1.807, 2.05) is 0 Å². The van der Waals surface area contributed by atoms with Crippen LogP contribution in [0.2, 0.25) is 0 Å². The van der Waals surface area contributed by atoms with Crippen LogP contribution in [0.25, 0.3) is 0 Å². The number of hydrogen-bond donors (Lipinski definition) is 1. The summed E-state index contributed by atoms with van der Waals surface area (Å²) in [6, 6.07) is 0.772. The number of hydrogen-bond acceptors (Lipinski definition) is 3. The van der Waals surface area contributed by atoms with Gasteiger partial charge in [0, 0.05) is 25.7 Å². The quantitative estimate of drug-likeness (QED) is 0.819. The summed E-state index contributed by atoms with van der Waals surface area (Å²) in [5, 5.41) is 9.62. The third-order valence-corrected chi connectivity index (χ3v) is 5.35. The number of carboxylic acid groups (broad SMARTS) is 1. The van der Waals surface area contributed by atoms with Crippen LogP contribution in [-0.2, 0) is 9.53 Å². The van der Waals surface area contributed by atoms with Gasteiger partial charge in [0.05, 0.1) is 12.5 Å². The predicted molar refractivity (Wildman–Crippen MR) is 83.3 cm³/mol. The Balaban J connectivity index is 2.13. The molecule has 0 radical (unpaired) electrons. The van der Waals surface area contributed by atoms with Gasteiger partial charge >= 0.3 is 5.97 Å². The maximum atomic E-state index is 11.7. The van der Waals surface area contributed by atoms with Crippen molar-refractivity contribution in [1.82, 2.24) is 4.90 Å². The number of carboxylic acids is 1. The van der Waals surface area contributed by atoms with E-state index in [1.165, 1.54) is 12.8 Å². The zero-order chi connectivity index (χ0) is 15.6. The Morgan fingerprint density at radius 1 is 1.24 bits per heavy atom. The van der Waals surface area contributed by atoms with Crippen molar-refractivity contribution < 1.29 is 14.6 Å². The fourth-order valence-corrected chi connectivity index (χ4v) is 3.81. The van der Waals surface area contributed by atoms with Gasteiger partial charge in [0.1, 0.15) is 0 Å². The highest BCUT2D eigenvalue weighted by molar-refractivity contribution is 5.71. The van der Waals surface area contributed by atoms with E-state index in [2.05, 4.69) is 25.7 Å². The molecule has 4 heteroatoms. The van der Waals surface area contributed by atoms with Crippen molar-refractivity contribution in [2.45, 2.75) is 65.0 Å². The van der Waals surface area contributed by atoms with Crippen molar-refractivity contribution in [2.75, 3.05) is 20.3 Å². The number of ether oxygens (including phenoxy) is 1. The highest BCUT2D eigenvalue weighted by Gasteiger charge is 2.45. The summed E-state index contributed by atoms with van der Waals surface area (Å²) in [6.07, 6.45) is 5.30. The van der Waals surface area contributed by atoms with Crippen molar-refractivity contribution >= 4 is 5.97 Å². The lowest BCUT2D eigenvalue weighted by Crippen LogP contribution is -2.50. The fourth-order valence-electron chi connectivity index (χ4n) is 3.81. The minimum Gasteiger partial charge on any atom is -0.481 e. The van der Waals surface area contributed by atoms with Crippen LogP contribution in [0.5, 0.6) is 0 Å². The number of rotatable bonds is 6. The standard InChI is InChI=1S/C17H31NO3/c1-17(2,3)12-5-8-14(16(19)20)15(11-12)18(9-10-21-4)13-6-7-13/h12-15H,5-11H2,1-4H3,(H,19,20). The van der Waals surface area contributed by atoms with Crippen LogP contribution >= 0.6 is 0 Å². The summed E-state index contributed by atoms with van der Waals surface area (Å²) in [6.45, 7) is 8.41. The molecule has 2 fully saturated rings. The molecule has 2 saturated carbocycles. The molecular formula is C17H31NO3. The molecule has 0 aliphatic heterocycles. The molecule has 4 nitrogen and oxygen atoms in total. The maximum Gasteiger partial charge on any atom is 0.308 e. The zero-order valence-corrected chi connectivity index (χ0v) is 14.0. The molecule has 0 aromatic heterocycles. The van der Waals surface area contributed by atoms with Gasteiger partial charge in [0.2, 0.25) is 0 Å². The molecule has 122 valence electrons. The molecule has 0 spiro atoms. The summed E-state index contributed by atoms with van der Waals surface area (Å²) in [5.41, 5.74) is 0.262. The monoisotopic (exact) mass is 297 g/mol. The van der Waals surface area contributed by atoms with Gasteiger partial charge in [-0.3, -0.25) is 9.69 Å². The second kappa shape index (κ2) is 6.66. The summed E-state index contributed by atoms with van der Waals surface area (Å²) < 4.78 is 5.24. The molecule has 2 rings (SSSR count). The second-order valence-electron chi connectivity index (χ2n) is 7.85. The molecule has 0 heterocycles. The van der Waals surface area contributed by atoms with Crippen LogP contribution in [0.1, 0.15) is 52.9 Å². The average molecular weight is 297 g/mol. The van der Waals surface area contributed by atoms with Crippen molar-refractivity contribution in [3.63, 3.8) is 0 Å². The molecule has 0 bridgehead atoms. The molecule has 0 amide bonds. The molecule has 21 heavy (non-hydrogen) atoms. The molecule has 1 N–H and O–H groups in total. The van der Waals surface area contributed by atoms with Crippen LogP contribution in [0, 0.1) is 17.3 Å². The largest absolute Gasteiger partial charge is 0.481 e. The van der Waals surface area contributed by atoms with Gasteiger partial charge in [-0.05, 0) is 43.4 Å². The minimum absolute atomic E-state index is 0.183. The SMILES string of the molecule is COCCN(C1CC1)C1CC(C(C)(C)C)CCC1C(=O)O. The van der Waals surface area contributed by atoms with Gasteiger partial charge in [-0.1, -0.05) is 20.8 Å². The molecule has 3 atom stereocenters. The van der Waals surface area contributed by atoms with Crippen LogP contribution in [-0.4, -0.2) is 48.3 Å². The molecule has 2 aliphatic carbocycles. The first-order valence-corrected chi connectivity index (χ1v) is 8.32. The van der Waals surface area contributed by atoms with Crippen molar-refractivity contribution in [3.8, 4) is 0 Å². The lowest BCUT2D eigenvalue weighted by molar-refractivity contribution is -0.147. The van der Waals surface area contributed by atoms with E-state index in [-0.39, 0.29) is 17.4 Å². The van der Waals surface area contributed by atoms with Gasteiger partial charge in [0.25, 0.3) is 0 Å². The normalized spacial score (nSPS) is 30.6. The lowest BCUT2D eigenvalue weighted by Gasteiger charge is -2.45. The Morgan fingerprint density at radius 3 is 2.38 bits per heavy atom. The van der Waals surface area contributed by atoms with Gasteiger partial charge in [-0.25, -0.2) is 0 Å². The van der Waals surface area contributed by atoms with Crippen LogP contribution in [0.4, 0.5) is 0 Å². The molecule has 2 aliphatic rings. The van der Waals surface area contributed by atoms with Gasteiger partial charge in [-0.15, -0.1) is 0 Å². The molecule has 0 aromatic carbocycles. The van der Waals surface area contributed by atoms with E-state index in [0.29, 0.717) is 18.6 Å². The smallest absolute Gasteiger partial charge is 0.308 e. The Bertz CT molecular complexity index is 360. The molecule has 0 aromatic rings. The predicted octanol–water partition coefficient (Wildman–Crippen LogP) is 3.01. The lowest BCUT2D eigenvalue weighted by atomic mass is 9.67. The maximum absolute atomic E-state index is 11.7. The van der Waals surface area contributed by atoms with E-state index in [4.69, 9.17) is 4.74 Å². The Morgan fingerprint density at radius 2 is 1.90 bits per heavy atom. The first-order chi connectivity index (χ1) is 9.84. The van der Waals surface area contributed by atoms with Crippen LogP contribution in [0.3, 0.4) is 0 Å². The van der Waals surface area contributed by atoms with Gasteiger partial charge in [-0.2, -0.15) is 0 Å². The van der Waals surface area contributed by atoms with Gasteiger partial charge < -0.3 is 9.84 Å². The summed E-state index contributed by atoms with van der Waals surface area (Å²) >= 11 is 0. The first kappa shape index (κ1) is 16.8. The Hall–Kier alpha value is -0.610. The second-order valence-corrected chi connectivity index (χ2v) is 7.85. The average Bonchev–Trinajstić information content (AvgIpc) is 3.22. The van der Waals surface area contributed by atoms with Crippen LogP contribution < -0.4 is 0 Å². The molecule has 3 unspecified atom stereocenters. The molecular weight excluding hydrogens is 266 g/mol. The van der Waals surface area contributed by atoms with E-state index in [9.17, 15) is 9.90 Å². The van der Waals surface area contributed by atoms with Crippen LogP contribution in [0.15, 0.2) is 0 Å². The Labute approximate surface area is 128 Å². The van der Waals surface area contributed by atoms with Crippen molar-refractivity contribution in [1.29, 1.82) is 0 Å². The highest BCUT2D eigenvalue weighted by Crippen LogP contribution is 2.44.